The number of fused-ring (bicyclic) bond motifs is 1. The molecule has 2 heterocycles. The predicted octanol–water partition coefficient (Wildman–Crippen LogP) is 1.74. The Hall–Kier alpha value is -3.42. The van der Waals surface area contributed by atoms with Crippen LogP contribution in [0.4, 0.5) is 0 Å². The molecule has 0 atom stereocenters. The molecule has 140 valence electrons. The van der Waals surface area contributed by atoms with Gasteiger partial charge in [-0.3, -0.25) is 14.2 Å². The number of nitrogens with zero attached hydrogens (tertiary/aromatic N) is 3. The first-order chi connectivity index (χ1) is 12.9. The molecule has 8 heteroatoms. The van der Waals surface area contributed by atoms with Gasteiger partial charge in [-0.2, -0.15) is 0 Å². The van der Waals surface area contributed by atoms with E-state index in [4.69, 9.17) is 9.15 Å². The summed E-state index contributed by atoms with van der Waals surface area (Å²) in [6.07, 6.45) is 1.20. The summed E-state index contributed by atoms with van der Waals surface area (Å²) < 4.78 is 11.6. The highest BCUT2D eigenvalue weighted by molar-refractivity contribution is 5.90. The second kappa shape index (κ2) is 7.45. The summed E-state index contributed by atoms with van der Waals surface area (Å²) >= 11 is 0. The van der Waals surface area contributed by atoms with Crippen LogP contribution < -0.4 is 5.56 Å². The Morgan fingerprint density at radius 3 is 2.78 bits per heavy atom. The lowest BCUT2D eigenvalue weighted by Crippen LogP contribution is -2.33. The van der Waals surface area contributed by atoms with E-state index < -0.39 is 5.97 Å². The standard InChI is InChI=1S/C19H19N3O5/c1-12-14(19(25)26-3)8-13(27-12)10-21(2)18(24)11-22-16-7-5-4-6-15(16)20-9-17(22)23/h4-9H,10-11H2,1-3H3. The number of para-hydroxylation sites is 2. The van der Waals surface area contributed by atoms with E-state index in [1.807, 2.05) is 6.07 Å². The number of esters is 1. The maximum absolute atomic E-state index is 12.6. The molecular formula is C19H19N3O5. The number of ether oxygens (including phenoxy) is 1. The van der Waals surface area contributed by atoms with Gasteiger partial charge in [-0.1, -0.05) is 12.1 Å². The Balaban J connectivity index is 1.78. The lowest BCUT2D eigenvalue weighted by Gasteiger charge is -2.17. The van der Waals surface area contributed by atoms with Gasteiger partial charge in [-0.05, 0) is 25.1 Å². The van der Waals surface area contributed by atoms with E-state index in [1.165, 1.54) is 22.8 Å². The van der Waals surface area contributed by atoms with Gasteiger partial charge < -0.3 is 14.1 Å². The molecule has 27 heavy (non-hydrogen) atoms. The Bertz CT molecular complexity index is 1070. The maximum Gasteiger partial charge on any atom is 0.341 e. The Morgan fingerprint density at radius 1 is 1.30 bits per heavy atom. The van der Waals surface area contributed by atoms with Crippen LogP contribution in [-0.2, 0) is 22.6 Å². The van der Waals surface area contributed by atoms with Crippen molar-refractivity contribution in [1.29, 1.82) is 0 Å². The third-order valence-corrected chi connectivity index (χ3v) is 4.24. The second-order valence-electron chi connectivity index (χ2n) is 6.10. The molecular weight excluding hydrogens is 350 g/mol. The van der Waals surface area contributed by atoms with Crippen LogP contribution in [0, 0.1) is 6.92 Å². The summed E-state index contributed by atoms with van der Waals surface area (Å²) in [6, 6.07) is 8.68. The lowest BCUT2D eigenvalue weighted by atomic mass is 10.2. The molecule has 3 rings (SSSR count). The van der Waals surface area contributed by atoms with Crippen molar-refractivity contribution in [1.82, 2.24) is 14.5 Å². The van der Waals surface area contributed by atoms with Crippen molar-refractivity contribution in [3.8, 4) is 0 Å². The molecule has 0 aliphatic rings. The zero-order valence-electron chi connectivity index (χ0n) is 15.3. The second-order valence-corrected chi connectivity index (χ2v) is 6.10. The highest BCUT2D eigenvalue weighted by atomic mass is 16.5. The fraction of sp³-hybridized carbons (Fsp3) is 0.263. The van der Waals surface area contributed by atoms with E-state index in [2.05, 4.69) is 4.98 Å². The minimum absolute atomic E-state index is 0.123. The van der Waals surface area contributed by atoms with Gasteiger partial charge in [0.2, 0.25) is 5.91 Å². The third-order valence-electron chi connectivity index (χ3n) is 4.24. The molecule has 0 saturated carbocycles. The maximum atomic E-state index is 12.6. The monoisotopic (exact) mass is 369 g/mol. The summed E-state index contributed by atoms with van der Waals surface area (Å²) in [7, 11) is 2.90. The van der Waals surface area contributed by atoms with Gasteiger partial charge in [-0.25, -0.2) is 9.78 Å². The number of hydrogen-bond acceptors (Lipinski definition) is 6. The van der Waals surface area contributed by atoms with Gasteiger partial charge in [-0.15, -0.1) is 0 Å². The molecule has 8 nitrogen and oxygen atoms in total. The van der Waals surface area contributed by atoms with Gasteiger partial charge >= 0.3 is 5.97 Å². The molecule has 0 N–H and O–H groups in total. The van der Waals surface area contributed by atoms with E-state index in [9.17, 15) is 14.4 Å². The fourth-order valence-electron chi connectivity index (χ4n) is 2.79. The van der Waals surface area contributed by atoms with E-state index >= 15 is 0 Å². The average Bonchev–Trinajstić information content (AvgIpc) is 3.03. The molecule has 1 aromatic carbocycles. The number of rotatable bonds is 5. The van der Waals surface area contributed by atoms with Gasteiger partial charge in [0.05, 0.1) is 30.9 Å². The summed E-state index contributed by atoms with van der Waals surface area (Å²) in [5.41, 5.74) is 1.20. The third kappa shape index (κ3) is 3.74. The smallest absolute Gasteiger partial charge is 0.341 e. The minimum Gasteiger partial charge on any atom is -0.465 e. The number of benzene rings is 1. The molecule has 0 radical (unpaired) electrons. The number of methoxy groups -OCH3 is 1. The highest BCUT2D eigenvalue weighted by Crippen LogP contribution is 2.17. The topological polar surface area (TPSA) is 94.6 Å². The van der Waals surface area contributed by atoms with Crippen LogP contribution in [0.15, 0.2) is 45.7 Å². The normalized spacial score (nSPS) is 10.8. The van der Waals surface area contributed by atoms with Crippen LogP contribution in [-0.4, -0.2) is 40.5 Å². The molecule has 0 spiro atoms. The molecule has 0 aliphatic heterocycles. The summed E-state index contributed by atoms with van der Waals surface area (Å²) in [5, 5.41) is 0. The van der Waals surface area contributed by atoms with Crippen molar-refractivity contribution in [3.63, 3.8) is 0 Å². The zero-order valence-corrected chi connectivity index (χ0v) is 15.3. The van der Waals surface area contributed by atoms with Crippen molar-refractivity contribution in [2.75, 3.05) is 14.2 Å². The summed E-state index contributed by atoms with van der Waals surface area (Å²) in [4.78, 5) is 41.9. The van der Waals surface area contributed by atoms with Crippen molar-refractivity contribution < 1.29 is 18.7 Å². The van der Waals surface area contributed by atoms with Crippen LogP contribution in [0.2, 0.25) is 0 Å². The first-order valence-corrected chi connectivity index (χ1v) is 8.27. The summed E-state index contributed by atoms with van der Waals surface area (Å²) in [5.74, 6) is 0.109. The van der Waals surface area contributed by atoms with Crippen LogP contribution in [0.3, 0.4) is 0 Å². The molecule has 2 aromatic heterocycles. The largest absolute Gasteiger partial charge is 0.465 e. The Kier molecular flexibility index (Phi) is 5.07. The van der Waals surface area contributed by atoms with Gasteiger partial charge in [0.15, 0.2) is 0 Å². The van der Waals surface area contributed by atoms with Gasteiger partial charge in [0, 0.05) is 7.05 Å². The first-order valence-electron chi connectivity index (χ1n) is 8.27. The number of aryl methyl sites for hydroxylation is 1. The molecule has 0 fully saturated rings. The number of aromatic nitrogens is 2. The minimum atomic E-state index is -0.494. The van der Waals surface area contributed by atoms with Crippen molar-refractivity contribution in [2.45, 2.75) is 20.0 Å². The molecule has 0 bridgehead atoms. The van der Waals surface area contributed by atoms with E-state index in [0.29, 0.717) is 28.1 Å². The molecule has 1 amide bonds. The Labute approximate surface area is 155 Å². The molecule has 0 aliphatic carbocycles. The highest BCUT2D eigenvalue weighted by Gasteiger charge is 2.19. The van der Waals surface area contributed by atoms with Crippen LogP contribution in [0.5, 0.6) is 0 Å². The molecule has 0 saturated heterocycles. The van der Waals surface area contributed by atoms with Crippen molar-refractivity contribution in [3.05, 3.63) is 64.0 Å². The number of carbonyl (C=O) groups excluding carboxylic acids is 2. The van der Waals surface area contributed by atoms with Crippen molar-refractivity contribution in [2.24, 2.45) is 0 Å². The van der Waals surface area contributed by atoms with Gasteiger partial charge in [0.1, 0.15) is 23.6 Å². The predicted molar refractivity (Wildman–Crippen MR) is 97.3 cm³/mol. The fourth-order valence-corrected chi connectivity index (χ4v) is 2.79. The molecule has 3 aromatic rings. The number of hydrogen-bond donors (Lipinski definition) is 0. The number of amides is 1. The van der Waals surface area contributed by atoms with Crippen LogP contribution in [0.1, 0.15) is 21.9 Å². The Morgan fingerprint density at radius 2 is 2.04 bits per heavy atom. The number of likely N-dealkylation sites (N-methyl/N-ethyl adjacent to an activating group) is 1. The summed E-state index contributed by atoms with van der Waals surface area (Å²) in [6.45, 7) is 1.69. The van der Waals surface area contributed by atoms with E-state index in [0.717, 1.165) is 0 Å². The SMILES string of the molecule is COC(=O)c1cc(CN(C)C(=O)Cn2c(=O)cnc3ccccc32)oc1C. The van der Waals surface area contributed by atoms with E-state index in [1.54, 1.807) is 38.2 Å². The van der Waals surface area contributed by atoms with Crippen molar-refractivity contribution >= 4 is 22.9 Å². The van der Waals surface area contributed by atoms with Crippen LogP contribution >= 0.6 is 0 Å². The average molecular weight is 369 g/mol. The first kappa shape index (κ1) is 18.4. The molecule has 0 unspecified atom stereocenters. The lowest BCUT2D eigenvalue weighted by molar-refractivity contribution is -0.131. The zero-order chi connectivity index (χ0) is 19.6. The quantitative estimate of drug-likeness (QED) is 0.636. The van der Waals surface area contributed by atoms with E-state index in [-0.39, 0.29) is 24.6 Å². The number of furan rings is 1. The number of carbonyl (C=O) groups is 2. The van der Waals surface area contributed by atoms with Crippen LogP contribution in [0.25, 0.3) is 11.0 Å². The van der Waals surface area contributed by atoms with Gasteiger partial charge in [0.25, 0.3) is 5.56 Å².